The maximum atomic E-state index is 11.6. The van der Waals surface area contributed by atoms with E-state index in [4.69, 9.17) is 9.47 Å². The van der Waals surface area contributed by atoms with Gasteiger partial charge in [-0.05, 0) is 45.2 Å². The molecule has 1 atom stereocenters. The van der Waals surface area contributed by atoms with Gasteiger partial charge in [0.1, 0.15) is 6.10 Å². The van der Waals surface area contributed by atoms with Crippen LogP contribution in [0.3, 0.4) is 0 Å². The number of piperidine rings is 1. The second-order valence-electron chi connectivity index (χ2n) is 4.97. The van der Waals surface area contributed by atoms with Crippen LogP contribution in [0.15, 0.2) is 0 Å². The second-order valence-corrected chi connectivity index (χ2v) is 4.97. The lowest BCUT2D eigenvalue weighted by atomic mass is 10.1. The molecule has 2 fully saturated rings. The lowest BCUT2D eigenvalue weighted by Crippen LogP contribution is -2.35. The number of nitrogens with one attached hydrogen (secondary N) is 2. The lowest BCUT2D eigenvalue weighted by molar-refractivity contribution is -0.130. The van der Waals surface area contributed by atoms with Crippen LogP contribution in [0, 0.1) is 0 Å². The monoisotopic (exact) mass is 256 g/mol. The van der Waals surface area contributed by atoms with E-state index in [1.165, 1.54) is 0 Å². The SMILES string of the molecule is O=C(NCCCOC1CCNCC1)[C@@H]1CCCO1. The van der Waals surface area contributed by atoms with E-state index in [1.54, 1.807) is 0 Å². The predicted molar refractivity (Wildman–Crippen MR) is 68.4 cm³/mol. The quantitative estimate of drug-likeness (QED) is 0.677. The highest BCUT2D eigenvalue weighted by molar-refractivity contribution is 5.80. The minimum Gasteiger partial charge on any atom is -0.378 e. The summed E-state index contributed by atoms with van der Waals surface area (Å²) in [5.74, 6) is 0.0365. The molecule has 0 bridgehead atoms. The third-order valence-corrected chi connectivity index (χ3v) is 3.48. The molecule has 2 heterocycles. The van der Waals surface area contributed by atoms with Crippen LogP contribution in [0.4, 0.5) is 0 Å². The summed E-state index contributed by atoms with van der Waals surface area (Å²) < 4.78 is 11.1. The summed E-state index contributed by atoms with van der Waals surface area (Å²) in [6, 6.07) is 0. The molecule has 0 spiro atoms. The van der Waals surface area contributed by atoms with E-state index in [-0.39, 0.29) is 12.0 Å². The Bertz CT molecular complexity index is 249. The van der Waals surface area contributed by atoms with Gasteiger partial charge in [0.25, 0.3) is 0 Å². The first-order chi connectivity index (χ1) is 8.86. The van der Waals surface area contributed by atoms with Crippen molar-refractivity contribution in [2.45, 2.75) is 44.3 Å². The molecule has 2 rings (SSSR count). The fraction of sp³-hybridized carbons (Fsp3) is 0.923. The summed E-state index contributed by atoms with van der Waals surface area (Å²) in [4.78, 5) is 11.6. The molecular weight excluding hydrogens is 232 g/mol. The molecule has 2 N–H and O–H groups in total. The number of ether oxygens (including phenoxy) is 2. The number of carbonyl (C=O) groups is 1. The predicted octanol–water partition coefficient (Wildman–Crippen LogP) is 0.440. The molecule has 0 aromatic carbocycles. The van der Waals surface area contributed by atoms with E-state index < -0.39 is 0 Å². The Morgan fingerprint density at radius 1 is 1.33 bits per heavy atom. The normalized spacial score (nSPS) is 25.2. The molecule has 2 saturated heterocycles. The topological polar surface area (TPSA) is 59.6 Å². The minimum absolute atomic E-state index is 0.0365. The van der Waals surface area contributed by atoms with Crippen molar-refractivity contribution in [3.8, 4) is 0 Å². The number of carbonyl (C=O) groups excluding carboxylic acids is 1. The van der Waals surface area contributed by atoms with E-state index >= 15 is 0 Å². The van der Waals surface area contributed by atoms with Crippen molar-refractivity contribution < 1.29 is 14.3 Å². The van der Waals surface area contributed by atoms with E-state index in [1.807, 2.05) is 0 Å². The highest BCUT2D eigenvalue weighted by atomic mass is 16.5. The smallest absolute Gasteiger partial charge is 0.249 e. The van der Waals surface area contributed by atoms with Gasteiger partial charge >= 0.3 is 0 Å². The molecule has 0 saturated carbocycles. The average molecular weight is 256 g/mol. The first-order valence-corrected chi connectivity index (χ1v) is 7.08. The van der Waals surface area contributed by atoms with Gasteiger partial charge in [-0.15, -0.1) is 0 Å². The van der Waals surface area contributed by atoms with Crippen molar-refractivity contribution in [1.82, 2.24) is 10.6 Å². The van der Waals surface area contributed by atoms with Crippen LogP contribution in [-0.2, 0) is 14.3 Å². The van der Waals surface area contributed by atoms with Gasteiger partial charge in [0.2, 0.25) is 5.91 Å². The van der Waals surface area contributed by atoms with Crippen molar-refractivity contribution >= 4 is 5.91 Å². The number of rotatable bonds is 6. The van der Waals surface area contributed by atoms with Gasteiger partial charge in [0.05, 0.1) is 6.10 Å². The van der Waals surface area contributed by atoms with Crippen molar-refractivity contribution in [3.05, 3.63) is 0 Å². The van der Waals surface area contributed by atoms with E-state index in [2.05, 4.69) is 10.6 Å². The molecular formula is C13H24N2O3. The zero-order valence-electron chi connectivity index (χ0n) is 11.0. The molecule has 5 nitrogen and oxygen atoms in total. The number of amides is 1. The Morgan fingerprint density at radius 2 is 2.17 bits per heavy atom. The molecule has 0 aromatic rings. The summed E-state index contributed by atoms with van der Waals surface area (Å²) in [5.41, 5.74) is 0. The molecule has 104 valence electrons. The van der Waals surface area contributed by atoms with Crippen LogP contribution >= 0.6 is 0 Å². The van der Waals surface area contributed by atoms with Crippen LogP contribution in [0.25, 0.3) is 0 Å². The molecule has 18 heavy (non-hydrogen) atoms. The third-order valence-electron chi connectivity index (χ3n) is 3.48. The van der Waals surface area contributed by atoms with E-state index in [0.29, 0.717) is 12.6 Å². The highest BCUT2D eigenvalue weighted by Crippen LogP contribution is 2.11. The minimum atomic E-state index is -0.213. The summed E-state index contributed by atoms with van der Waals surface area (Å²) in [6.07, 6.45) is 5.12. The van der Waals surface area contributed by atoms with Crippen molar-refractivity contribution in [2.75, 3.05) is 32.8 Å². The fourth-order valence-electron chi connectivity index (χ4n) is 2.39. The Labute approximate surface area is 109 Å². The van der Waals surface area contributed by atoms with Gasteiger partial charge in [-0.25, -0.2) is 0 Å². The number of hydrogen-bond donors (Lipinski definition) is 2. The second kappa shape index (κ2) is 7.71. The zero-order chi connectivity index (χ0) is 12.6. The Morgan fingerprint density at radius 3 is 2.89 bits per heavy atom. The Balaban J connectivity index is 1.46. The maximum Gasteiger partial charge on any atom is 0.249 e. The summed E-state index contributed by atoms with van der Waals surface area (Å²) >= 11 is 0. The summed E-state index contributed by atoms with van der Waals surface area (Å²) in [6.45, 7) is 4.25. The molecule has 5 heteroatoms. The number of hydrogen-bond acceptors (Lipinski definition) is 4. The van der Waals surface area contributed by atoms with Crippen LogP contribution in [-0.4, -0.2) is 51.0 Å². The summed E-state index contributed by atoms with van der Waals surface area (Å²) in [5, 5.41) is 6.22. The zero-order valence-corrected chi connectivity index (χ0v) is 11.0. The largest absolute Gasteiger partial charge is 0.378 e. The highest BCUT2D eigenvalue weighted by Gasteiger charge is 2.22. The van der Waals surface area contributed by atoms with Crippen LogP contribution < -0.4 is 10.6 Å². The van der Waals surface area contributed by atoms with E-state index in [0.717, 1.165) is 58.4 Å². The maximum absolute atomic E-state index is 11.6. The van der Waals surface area contributed by atoms with Gasteiger partial charge in [-0.3, -0.25) is 4.79 Å². The first-order valence-electron chi connectivity index (χ1n) is 7.08. The molecule has 1 amide bonds. The lowest BCUT2D eigenvalue weighted by Gasteiger charge is -2.22. The van der Waals surface area contributed by atoms with Crippen LogP contribution in [0.1, 0.15) is 32.1 Å². The Kier molecular flexibility index (Phi) is 5.90. The molecule has 0 aromatic heterocycles. The first kappa shape index (κ1) is 13.8. The summed E-state index contributed by atoms with van der Waals surface area (Å²) in [7, 11) is 0. The molecule has 0 aliphatic carbocycles. The molecule has 0 unspecified atom stereocenters. The van der Waals surface area contributed by atoms with Crippen molar-refractivity contribution in [1.29, 1.82) is 0 Å². The standard InChI is InChI=1S/C13H24N2O3/c16-13(12-3-1-9-18-12)15-6-2-10-17-11-4-7-14-8-5-11/h11-12,14H,1-10H2,(H,15,16)/t12-/m0/s1. The van der Waals surface area contributed by atoms with Gasteiger partial charge in [0, 0.05) is 19.8 Å². The van der Waals surface area contributed by atoms with Crippen LogP contribution in [0.5, 0.6) is 0 Å². The third kappa shape index (κ3) is 4.55. The van der Waals surface area contributed by atoms with Crippen molar-refractivity contribution in [2.24, 2.45) is 0 Å². The van der Waals surface area contributed by atoms with Gasteiger partial charge < -0.3 is 20.1 Å². The molecule has 0 radical (unpaired) electrons. The molecule has 2 aliphatic heterocycles. The van der Waals surface area contributed by atoms with Gasteiger partial charge in [0.15, 0.2) is 0 Å². The van der Waals surface area contributed by atoms with Crippen LogP contribution in [0.2, 0.25) is 0 Å². The molecule has 2 aliphatic rings. The van der Waals surface area contributed by atoms with Gasteiger partial charge in [-0.2, -0.15) is 0 Å². The average Bonchev–Trinajstić information content (AvgIpc) is 2.93. The Hall–Kier alpha value is -0.650. The van der Waals surface area contributed by atoms with E-state index in [9.17, 15) is 4.79 Å². The van der Waals surface area contributed by atoms with Crippen molar-refractivity contribution in [3.63, 3.8) is 0 Å². The van der Waals surface area contributed by atoms with Gasteiger partial charge in [-0.1, -0.05) is 0 Å². The fourth-order valence-corrected chi connectivity index (χ4v) is 2.39.